The summed E-state index contributed by atoms with van der Waals surface area (Å²) in [6.07, 6.45) is -3.32. The summed E-state index contributed by atoms with van der Waals surface area (Å²) >= 11 is 7.47. The normalized spacial score (nSPS) is 11.9. The Labute approximate surface area is 161 Å². The van der Waals surface area contributed by atoms with Crippen molar-refractivity contribution in [2.24, 2.45) is 0 Å². The Morgan fingerprint density at radius 1 is 1.19 bits per heavy atom. The number of anilines is 2. The summed E-state index contributed by atoms with van der Waals surface area (Å²) in [4.78, 5) is 11.3. The topological polar surface area (TPSA) is 53.6 Å². The number of rotatable bonds is 3. The number of fused-ring (bicyclic) bond motifs is 1. The molecule has 2 N–H and O–H groups in total. The first-order valence-electron chi connectivity index (χ1n) is 7.85. The third-order valence-corrected chi connectivity index (χ3v) is 5.01. The highest BCUT2D eigenvalue weighted by Crippen LogP contribution is 2.36. The van der Waals surface area contributed by atoms with Crippen LogP contribution in [0.25, 0.3) is 22.2 Å². The number of aromatic nitrogens is 3. The van der Waals surface area contributed by atoms with Crippen LogP contribution >= 0.6 is 22.9 Å². The molecule has 3 aromatic heterocycles. The van der Waals surface area contributed by atoms with Gasteiger partial charge in [-0.2, -0.15) is 13.2 Å². The van der Waals surface area contributed by atoms with E-state index < -0.39 is 11.9 Å². The van der Waals surface area contributed by atoms with Crippen LogP contribution in [0.2, 0.25) is 5.02 Å². The number of halogens is 4. The van der Waals surface area contributed by atoms with Crippen molar-refractivity contribution in [3.63, 3.8) is 0 Å². The quantitative estimate of drug-likeness (QED) is 0.411. The third-order valence-electron chi connectivity index (χ3n) is 4.01. The van der Waals surface area contributed by atoms with Crippen LogP contribution in [0.3, 0.4) is 0 Å². The van der Waals surface area contributed by atoms with E-state index in [4.69, 9.17) is 11.6 Å². The minimum Gasteiger partial charge on any atom is -0.358 e. The molecule has 1 aromatic carbocycles. The molecule has 4 nitrogen and oxygen atoms in total. The maximum atomic E-state index is 12.6. The van der Waals surface area contributed by atoms with E-state index in [1.165, 1.54) is 17.4 Å². The largest absolute Gasteiger partial charge is 0.433 e. The molecular formula is C18H12ClF3N4S. The Balaban J connectivity index is 1.63. The second kappa shape index (κ2) is 6.54. The second-order valence-corrected chi connectivity index (χ2v) is 7.20. The molecule has 0 aliphatic carbocycles. The molecule has 0 atom stereocenters. The molecule has 0 saturated heterocycles. The smallest absolute Gasteiger partial charge is 0.358 e. The molecule has 3 heterocycles. The average molecular weight is 409 g/mol. The molecule has 0 saturated carbocycles. The minimum absolute atomic E-state index is 0.433. The van der Waals surface area contributed by atoms with Crippen LogP contribution in [0, 0.1) is 6.92 Å². The average Bonchev–Trinajstić information content (AvgIpc) is 3.17. The van der Waals surface area contributed by atoms with Gasteiger partial charge >= 0.3 is 6.18 Å². The van der Waals surface area contributed by atoms with Crippen molar-refractivity contribution in [2.75, 3.05) is 5.32 Å². The predicted octanol–water partition coefficient (Wildman–Crippen LogP) is 6.41. The van der Waals surface area contributed by atoms with Crippen LogP contribution in [-0.4, -0.2) is 15.0 Å². The summed E-state index contributed by atoms with van der Waals surface area (Å²) in [7, 11) is 0. The summed E-state index contributed by atoms with van der Waals surface area (Å²) in [5.41, 5.74) is 3.12. The molecular weight excluding hydrogens is 397 g/mol. The molecule has 0 bridgehead atoms. The van der Waals surface area contributed by atoms with Gasteiger partial charge in [-0.3, -0.25) is 0 Å². The molecule has 4 rings (SSSR count). The SMILES string of the molecule is Cc1[nH]c2ccc(Cl)cc2c1-c1csc(Nc2ccc(C(F)(F)F)nc2)n1. The van der Waals surface area contributed by atoms with E-state index in [-0.39, 0.29) is 0 Å². The fourth-order valence-electron chi connectivity index (χ4n) is 2.83. The maximum Gasteiger partial charge on any atom is 0.433 e. The Morgan fingerprint density at radius 2 is 2.00 bits per heavy atom. The first kappa shape index (κ1) is 17.8. The maximum absolute atomic E-state index is 12.6. The number of aromatic amines is 1. The Kier molecular flexibility index (Phi) is 4.32. The van der Waals surface area contributed by atoms with Crippen LogP contribution in [0.15, 0.2) is 41.9 Å². The summed E-state index contributed by atoms with van der Waals surface area (Å²) in [5.74, 6) is 0. The van der Waals surface area contributed by atoms with Crippen molar-refractivity contribution in [3.8, 4) is 11.3 Å². The first-order valence-corrected chi connectivity index (χ1v) is 9.11. The fraction of sp³-hybridized carbons (Fsp3) is 0.111. The molecule has 27 heavy (non-hydrogen) atoms. The van der Waals surface area contributed by atoms with Crippen LogP contribution in [0.4, 0.5) is 24.0 Å². The van der Waals surface area contributed by atoms with Crippen molar-refractivity contribution in [2.45, 2.75) is 13.1 Å². The predicted molar refractivity (Wildman–Crippen MR) is 102 cm³/mol. The van der Waals surface area contributed by atoms with Crippen LogP contribution in [0.1, 0.15) is 11.4 Å². The molecule has 0 amide bonds. The van der Waals surface area contributed by atoms with E-state index in [1.807, 2.05) is 30.5 Å². The lowest BCUT2D eigenvalue weighted by molar-refractivity contribution is -0.141. The monoisotopic (exact) mass is 408 g/mol. The van der Waals surface area contributed by atoms with E-state index in [0.717, 1.165) is 40.1 Å². The van der Waals surface area contributed by atoms with Crippen LogP contribution in [-0.2, 0) is 6.18 Å². The number of hydrogen-bond donors (Lipinski definition) is 2. The van der Waals surface area contributed by atoms with Gasteiger partial charge in [0, 0.05) is 32.6 Å². The van der Waals surface area contributed by atoms with E-state index in [1.54, 1.807) is 0 Å². The number of aryl methyl sites for hydroxylation is 1. The zero-order chi connectivity index (χ0) is 19.2. The molecule has 9 heteroatoms. The van der Waals surface area contributed by atoms with Crippen molar-refractivity contribution in [1.29, 1.82) is 0 Å². The molecule has 0 unspecified atom stereocenters. The number of benzene rings is 1. The number of hydrogen-bond acceptors (Lipinski definition) is 4. The van der Waals surface area contributed by atoms with Gasteiger partial charge in [-0.1, -0.05) is 11.6 Å². The van der Waals surface area contributed by atoms with Gasteiger partial charge in [-0.25, -0.2) is 9.97 Å². The number of H-pyrrole nitrogens is 1. The van der Waals surface area contributed by atoms with Crippen molar-refractivity contribution in [3.05, 3.63) is 58.3 Å². The number of nitrogens with one attached hydrogen (secondary N) is 2. The number of alkyl halides is 3. The van der Waals surface area contributed by atoms with Crippen molar-refractivity contribution >= 4 is 44.7 Å². The Bertz CT molecular complexity index is 1120. The number of nitrogens with zero attached hydrogens (tertiary/aromatic N) is 2. The highest BCUT2D eigenvalue weighted by molar-refractivity contribution is 7.14. The van der Waals surface area contributed by atoms with Gasteiger partial charge in [0.15, 0.2) is 5.13 Å². The molecule has 0 fully saturated rings. The van der Waals surface area contributed by atoms with Gasteiger partial charge in [0.2, 0.25) is 0 Å². The summed E-state index contributed by atoms with van der Waals surface area (Å²) in [6, 6.07) is 7.86. The minimum atomic E-state index is -4.46. The molecule has 4 aromatic rings. The Morgan fingerprint density at radius 3 is 2.70 bits per heavy atom. The lowest BCUT2D eigenvalue weighted by Crippen LogP contribution is -2.07. The molecule has 0 aliphatic heterocycles. The standard InChI is InChI=1S/C18H12ClF3N4S/c1-9-16(12-6-10(19)2-4-13(12)24-9)14-8-27-17(26-14)25-11-3-5-15(23-7-11)18(20,21)22/h2-8,24H,1H3,(H,25,26). The summed E-state index contributed by atoms with van der Waals surface area (Å²) in [5, 5.41) is 7.03. The van der Waals surface area contributed by atoms with E-state index in [9.17, 15) is 13.2 Å². The van der Waals surface area contributed by atoms with Gasteiger partial charge < -0.3 is 10.3 Å². The molecule has 0 radical (unpaired) electrons. The van der Waals surface area contributed by atoms with Gasteiger partial charge in [-0.15, -0.1) is 11.3 Å². The van der Waals surface area contributed by atoms with Gasteiger partial charge in [0.25, 0.3) is 0 Å². The zero-order valence-electron chi connectivity index (χ0n) is 13.9. The molecule has 0 spiro atoms. The highest BCUT2D eigenvalue weighted by atomic mass is 35.5. The van der Waals surface area contributed by atoms with Crippen LogP contribution < -0.4 is 5.32 Å². The lowest BCUT2D eigenvalue weighted by Gasteiger charge is -2.06. The zero-order valence-corrected chi connectivity index (χ0v) is 15.4. The van der Waals surface area contributed by atoms with Crippen LogP contribution in [0.5, 0.6) is 0 Å². The van der Waals surface area contributed by atoms with Crippen molar-refractivity contribution in [1.82, 2.24) is 15.0 Å². The fourth-order valence-corrected chi connectivity index (χ4v) is 3.73. The van der Waals surface area contributed by atoms with Crippen molar-refractivity contribution < 1.29 is 13.2 Å². The summed E-state index contributed by atoms with van der Waals surface area (Å²) < 4.78 is 37.8. The van der Waals surface area contributed by atoms with Gasteiger partial charge in [-0.05, 0) is 37.3 Å². The second-order valence-electron chi connectivity index (χ2n) is 5.91. The van der Waals surface area contributed by atoms with Gasteiger partial charge in [0.05, 0.1) is 17.6 Å². The van der Waals surface area contributed by atoms with E-state index >= 15 is 0 Å². The van der Waals surface area contributed by atoms with E-state index in [0.29, 0.717) is 15.8 Å². The van der Waals surface area contributed by atoms with Gasteiger partial charge in [0.1, 0.15) is 5.69 Å². The number of thiazole rings is 1. The summed E-state index contributed by atoms with van der Waals surface area (Å²) in [6.45, 7) is 1.95. The first-order chi connectivity index (χ1) is 12.8. The highest BCUT2D eigenvalue weighted by Gasteiger charge is 2.32. The lowest BCUT2D eigenvalue weighted by atomic mass is 10.1. The third kappa shape index (κ3) is 3.50. The Hall–Kier alpha value is -2.58. The number of pyridine rings is 1. The van der Waals surface area contributed by atoms with E-state index in [2.05, 4.69) is 20.3 Å². The molecule has 138 valence electrons. The molecule has 0 aliphatic rings.